The first-order valence-electron chi connectivity index (χ1n) is 7.89. The number of carbonyl (C=O) groups is 2. The molecule has 6 heteroatoms. The predicted molar refractivity (Wildman–Crippen MR) is 90.0 cm³/mol. The van der Waals surface area contributed by atoms with Gasteiger partial charge in [0.1, 0.15) is 5.60 Å². The van der Waals surface area contributed by atoms with Crippen LogP contribution in [0.15, 0.2) is 24.3 Å². The fourth-order valence-electron chi connectivity index (χ4n) is 2.53. The number of nitrogens with one attached hydrogen (secondary N) is 1. The second-order valence-electron chi connectivity index (χ2n) is 6.84. The van der Waals surface area contributed by atoms with Crippen LogP contribution < -0.4 is 11.1 Å². The molecule has 1 aromatic carbocycles. The number of anilines is 2. The van der Waals surface area contributed by atoms with Gasteiger partial charge in [0, 0.05) is 13.1 Å². The van der Waals surface area contributed by atoms with Gasteiger partial charge in [-0.3, -0.25) is 4.79 Å². The first kappa shape index (κ1) is 17.1. The molecule has 126 valence electrons. The number of amides is 2. The van der Waals surface area contributed by atoms with Gasteiger partial charge in [-0.15, -0.1) is 0 Å². The van der Waals surface area contributed by atoms with E-state index in [2.05, 4.69) is 5.32 Å². The molecule has 0 saturated carbocycles. The largest absolute Gasteiger partial charge is 0.444 e. The van der Waals surface area contributed by atoms with Crippen molar-refractivity contribution < 1.29 is 14.3 Å². The average Bonchev–Trinajstić information content (AvgIpc) is 2.48. The van der Waals surface area contributed by atoms with E-state index in [4.69, 9.17) is 10.5 Å². The highest BCUT2D eigenvalue weighted by Crippen LogP contribution is 2.23. The Morgan fingerprint density at radius 1 is 1.30 bits per heavy atom. The molecule has 1 saturated heterocycles. The summed E-state index contributed by atoms with van der Waals surface area (Å²) in [6, 6.07) is 7.14. The molecule has 0 radical (unpaired) electrons. The molecule has 1 aliphatic rings. The van der Waals surface area contributed by atoms with Crippen LogP contribution in [0.4, 0.5) is 16.2 Å². The molecule has 0 bridgehead atoms. The van der Waals surface area contributed by atoms with E-state index < -0.39 is 5.60 Å². The molecule has 23 heavy (non-hydrogen) atoms. The van der Waals surface area contributed by atoms with Gasteiger partial charge in [-0.1, -0.05) is 12.1 Å². The van der Waals surface area contributed by atoms with E-state index in [1.165, 1.54) is 0 Å². The normalized spacial score (nSPS) is 18.4. The molecule has 2 rings (SSSR count). The maximum Gasteiger partial charge on any atom is 0.410 e. The molecular weight excluding hydrogens is 294 g/mol. The standard InChI is InChI=1S/C17H25N3O3/c1-17(2,3)23-16(22)20-10-6-7-12(11-20)15(21)19-14-9-5-4-8-13(14)18/h4-5,8-9,12H,6-7,10-11,18H2,1-3H3,(H,19,21)/t12-/m0/s1. The summed E-state index contributed by atoms with van der Waals surface area (Å²) < 4.78 is 5.38. The fourth-order valence-corrected chi connectivity index (χ4v) is 2.53. The Morgan fingerprint density at radius 3 is 2.65 bits per heavy atom. The lowest BCUT2D eigenvalue weighted by Gasteiger charge is -2.33. The van der Waals surface area contributed by atoms with Crippen molar-refractivity contribution in [2.75, 3.05) is 24.1 Å². The van der Waals surface area contributed by atoms with E-state index in [1.807, 2.05) is 32.9 Å². The van der Waals surface area contributed by atoms with Crippen molar-refractivity contribution in [1.82, 2.24) is 4.90 Å². The summed E-state index contributed by atoms with van der Waals surface area (Å²) in [6.07, 6.45) is 1.16. The number of rotatable bonds is 2. The average molecular weight is 319 g/mol. The van der Waals surface area contributed by atoms with Crippen LogP contribution in [0.25, 0.3) is 0 Å². The zero-order chi connectivity index (χ0) is 17.0. The highest BCUT2D eigenvalue weighted by Gasteiger charge is 2.31. The monoisotopic (exact) mass is 319 g/mol. The number of ether oxygens (including phenoxy) is 1. The van der Waals surface area contributed by atoms with Crippen molar-refractivity contribution in [3.63, 3.8) is 0 Å². The van der Waals surface area contributed by atoms with E-state index in [0.29, 0.717) is 24.5 Å². The van der Waals surface area contributed by atoms with E-state index in [0.717, 1.165) is 12.8 Å². The lowest BCUT2D eigenvalue weighted by Crippen LogP contribution is -2.45. The van der Waals surface area contributed by atoms with Crippen molar-refractivity contribution >= 4 is 23.4 Å². The molecule has 6 nitrogen and oxygen atoms in total. The molecule has 1 heterocycles. The molecule has 3 N–H and O–H groups in total. The summed E-state index contributed by atoms with van der Waals surface area (Å²) in [5.41, 5.74) is 6.44. The van der Waals surface area contributed by atoms with Crippen LogP contribution in [0.5, 0.6) is 0 Å². The minimum atomic E-state index is -0.537. The van der Waals surface area contributed by atoms with Gasteiger partial charge in [-0.25, -0.2) is 4.79 Å². The number of hydrogen-bond acceptors (Lipinski definition) is 4. The number of para-hydroxylation sites is 2. The third kappa shape index (κ3) is 4.87. The third-order valence-corrected chi connectivity index (χ3v) is 3.66. The maximum absolute atomic E-state index is 12.4. The number of carbonyl (C=O) groups excluding carboxylic acids is 2. The van der Waals surface area contributed by atoms with Crippen molar-refractivity contribution in [3.05, 3.63) is 24.3 Å². The number of nitrogens with two attached hydrogens (primary N) is 1. The topological polar surface area (TPSA) is 84.7 Å². The summed E-state index contributed by atoms with van der Waals surface area (Å²) >= 11 is 0. The van der Waals surface area contributed by atoms with E-state index in [-0.39, 0.29) is 17.9 Å². The van der Waals surface area contributed by atoms with Crippen LogP contribution in [0.1, 0.15) is 33.6 Å². The molecule has 0 aromatic heterocycles. The maximum atomic E-state index is 12.4. The Morgan fingerprint density at radius 2 is 2.00 bits per heavy atom. The second kappa shape index (κ2) is 6.89. The smallest absolute Gasteiger partial charge is 0.410 e. The van der Waals surface area contributed by atoms with Crippen molar-refractivity contribution in [3.8, 4) is 0 Å². The van der Waals surface area contributed by atoms with E-state index in [9.17, 15) is 9.59 Å². The minimum absolute atomic E-state index is 0.115. The molecule has 0 aliphatic carbocycles. The number of piperidine rings is 1. The molecule has 1 aliphatic heterocycles. The fraction of sp³-hybridized carbons (Fsp3) is 0.529. The Kier molecular flexibility index (Phi) is 5.13. The van der Waals surface area contributed by atoms with Crippen LogP contribution in [0, 0.1) is 5.92 Å². The number of benzene rings is 1. The SMILES string of the molecule is CC(C)(C)OC(=O)N1CCC[C@H](C(=O)Nc2ccccc2N)C1. The summed E-state index contributed by atoms with van der Waals surface area (Å²) in [6.45, 7) is 6.48. The highest BCUT2D eigenvalue weighted by atomic mass is 16.6. The Bertz CT molecular complexity index is 581. The molecular formula is C17H25N3O3. The van der Waals surface area contributed by atoms with Crippen LogP contribution >= 0.6 is 0 Å². The Labute approximate surface area is 137 Å². The van der Waals surface area contributed by atoms with E-state index >= 15 is 0 Å². The Balaban J connectivity index is 1.96. The number of likely N-dealkylation sites (tertiary alicyclic amines) is 1. The summed E-state index contributed by atoms with van der Waals surface area (Å²) in [5, 5.41) is 2.84. The van der Waals surface area contributed by atoms with Crippen molar-refractivity contribution in [2.24, 2.45) is 5.92 Å². The van der Waals surface area contributed by atoms with Crippen LogP contribution in [-0.4, -0.2) is 35.6 Å². The van der Waals surface area contributed by atoms with Crippen LogP contribution in [-0.2, 0) is 9.53 Å². The van der Waals surface area contributed by atoms with Crippen molar-refractivity contribution in [1.29, 1.82) is 0 Å². The molecule has 1 atom stereocenters. The van der Waals surface area contributed by atoms with Crippen LogP contribution in [0.2, 0.25) is 0 Å². The molecule has 0 spiro atoms. The summed E-state index contributed by atoms with van der Waals surface area (Å²) in [5.74, 6) is -0.368. The van der Waals surface area contributed by atoms with Gasteiger partial charge in [0.15, 0.2) is 0 Å². The Hall–Kier alpha value is -2.24. The molecule has 0 unspecified atom stereocenters. The lowest BCUT2D eigenvalue weighted by atomic mass is 9.97. The number of nitrogens with zero attached hydrogens (tertiary/aromatic N) is 1. The zero-order valence-corrected chi connectivity index (χ0v) is 14.0. The zero-order valence-electron chi connectivity index (χ0n) is 14.0. The van der Waals surface area contributed by atoms with Gasteiger partial charge in [-0.05, 0) is 45.7 Å². The minimum Gasteiger partial charge on any atom is -0.444 e. The van der Waals surface area contributed by atoms with Crippen LogP contribution in [0.3, 0.4) is 0 Å². The molecule has 2 amide bonds. The van der Waals surface area contributed by atoms with Gasteiger partial charge >= 0.3 is 6.09 Å². The van der Waals surface area contributed by atoms with Crippen molar-refractivity contribution in [2.45, 2.75) is 39.2 Å². The third-order valence-electron chi connectivity index (χ3n) is 3.66. The summed E-state index contributed by atoms with van der Waals surface area (Å²) in [7, 11) is 0. The lowest BCUT2D eigenvalue weighted by molar-refractivity contribution is -0.121. The first-order valence-corrected chi connectivity index (χ1v) is 7.89. The number of nitrogen functional groups attached to an aromatic ring is 1. The first-order chi connectivity index (χ1) is 10.8. The highest BCUT2D eigenvalue weighted by molar-refractivity contribution is 5.95. The quantitative estimate of drug-likeness (QED) is 0.821. The van der Waals surface area contributed by atoms with Gasteiger partial charge < -0.3 is 20.7 Å². The number of hydrogen-bond donors (Lipinski definition) is 2. The molecule has 1 fully saturated rings. The predicted octanol–water partition coefficient (Wildman–Crippen LogP) is 2.85. The second-order valence-corrected chi connectivity index (χ2v) is 6.84. The van der Waals surface area contributed by atoms with Gasteiger partial charge in [0.2, 0.25) is 5.91 Å². The van der Waals surface area contributed by atoms with Gasteiger partial charge in [-0.2, -0.15) is 0 Å². The van der Waals surface area contributed by atoms with E-state index in [1.54, 1.807) is 17.0 Å². The molecule has 1 aromatic rings. The van der Waals surface area contributed by atoms with Gasteiger partial charge in [0.05, 0.1) is 17.3 Å². The van der Waals surface area contributed by atoms with Gasteiger partial charge in [0.25, 0.3) is 0 Å². The summed E-state index contributed by atoms with van der Waals surface area (Å²) in [4.78, 5) is 26.2.